The Balaban J connectivity index is 0.000000948. The first-order valence-electron chi connectivity index (χ1n) is 9.16. The summed E-state index contributed by atoms with van der Waals surface area (Å²) in [6.45, 7) is 5.99. The van der Waals surface area contributed by atoms with Crippen molar-refractivity contribution in [1.29, 1.82) is 0 Å². The summed E-state index contributed by atoms with van der Waals surface area (Å²) in [5.74, 6) is 0. The van der Waals surface area contributed by atoms with Crippen molar-refractivity contribution in [2.45, 2.75) is 33.6 Å². The lowest BCUT2D eigenvalue weighted by atomic mass is 10.0. The molecule has 0 atom stereocenters. The van der Waals surface area contributed by atoms with Crippen molar-refractivity contribution >= 4 is 16.5 Å². The van der Waals surface area contributed by atoms with Crippen LogP contribution in [0.4, 0.5) is 0 Å². The number of benzene rings is 1. The molecule has 0 aliphatic heterocycles. The standard InChI is InChI=1S/C20H19N3O.C2H6/c1-14-11-15-7-6-10-18(16-12-21-22(2)13-16)19(15)20(24)23(14)17-8-4-3-5-9-17;1-2/h4,6-13H,3,5H2,1-2H3;1-2H3. The normalized spacial score (nSPS) is 13.3. The van der Waals surface area contributed by atoms with Crippen LogP contribution >= 0.6 is 0 Å². The predicted octanol–water partition coefficient (Wildman–Crippen LogP) is 4.93. The molecule has 0 amide bonds. The second kappa shape index (κ2) is 7.56. The van der Waals surface area contributed by atoms with Gasteiger partial charge in [0.05, 0.1) is 11.6 Å². The topological polar surface area (TPSA) is 39.8 Å². The summed E-state index contributed by atoms with van der Waals surface area (Å²) < 4.78 is 3.57. The van der Waals surface area contributed by atoms with Gasteiger partial charge in [0.2, 0.25) is 0 Å². The highest BCUT2D eigenvalue weighted by Gasteiger charge is 2.14. The molecule has 2 aromatic heterocycles. The van der Waals surface area contributed by atoms with Gasteiger partial charge in [-0.15, -0.1) is 0 Å². The number of rotatable bonds is 2. The Bertz CT molecular complexity index is 1050. The zero-order valence-electron chi connectivity index (χ0n) is 15.9. The molecule has 2 heterocycles. The van der Waals surface area contributed by atoms with Gasteiger partial charge in [-0.05, 0) is 42.9 Å². The van der Waals surface area contributed by atoms with Crippen LogP contribution in [0.2, 0.25) is 0 Å². The number of aryl methyl sites for hydroxylation is 2. The fourth-order valence-corrected chi connectivity index (χ4v) is 3.38. The van der Waals surface area contributed by atoms with Gasteiger partial charge in [0.1, 0.15) is 0 Å². The van der Waals surface area contributed by atoms with Crippen molar-refractivity contribution < 1.29 is 0 Å². The summed E-state index contributed by atoms with van der Waals surface area (Å²) in [4.78, 5) is 13.3. The molecular formula is C22H25N3O. The maximum atomic E-state index is 13.3. The Hall–Kier alpha value is -2.88. The molecule has 1 aliphatic carbocycles. The molecular weight excluding hydrogens is 322 g/mol. The second-order valence-electron chi connectivity index (χ2n) is 6.21. The van der Waals surface area contributed by atoms with E-state index in [1.807, 2.05) is 62.9 Å². The van der Waals surface area contributed by atoms with Gasteiger partial charge in [0.25, 0.3) is 5.56 Å². The van der Waals surface area contributed by atoms with Crippen molar-refractivity contribution in [3.63, 3.8) is 0 Å². The molecule has 1 aromatic carbocycles. The Morgan fingerprint density at radius 3 is 2.62 bits per heavy atom. The number of hydrogen-bond donors (Lipinski definition) is 0. The summed E-state index contributed by atoms with van der Waals surface area (Å²) >= 11 is 0. The van der Waals surface area contributed by atoms with Crippen LogP contribution in [-0.2, 0) is 7.05 Å². The first kappa shape index (κ1) is 17.9. The highest BCUT2D eigenvalue weighted by Crippen LogP contribution is 2.27. The number of aromatic nitrogens is 3. The van der Waals surface area contributed by atoms with Gasteiger partial charge >= 0.3 is 0 Å². The van der Waals surface area contributed by atoms with E-state index in [0.29, 0.717) is 0 Å². The highest BCUT2D eigenvalue weighted by molar-refractivity contribution is 5.96. The smallest absolute Gasteiger partial charge is 0.263 e. The van der Waals surface area contributed by atoms with E-state index in [1.54, 1.807) is 10.9 Å². The van der Waals surface area contributed by atoms with E-state index in [-0.39, 0.29) is 5.56 Å². The molecule has 4 heteroatoms. The van der Waals surface area contributed by atoms with Crippen LogP contribution in [0.1, 0.15) is 32.4 Å². The largest absolute Gasteiger partial charge is 0.281 e. The van der Waals surface area contributed by atoms with Crippen LogP contribution in [0, 0.1) is 6.92 Å². The molecule has 3 aromatic rings. The summed E-state index contributed by atoms with van der Waals surface area (Å²) in [5.41, 5.74) is 3.84. The minimum atomic E-state index is 0.0299. The minimum absolute atomic E-state index is 0.0299. The number of nitrogens with zero attached hydrogens (tertiary/aromatic N) is 3. The number of pyridine rings is 1. The fraction of sp³-hybridized carbons (Fsp3) is 0.273. The average molecular weight is 347 g/mol. The monoisotopic (exact) mass is 347 g/mol. The number of allylic oxidation sites excluding steroid dienone is 4. The van der Waals surface area contributed by atoms with E-state index in [1.165, 1.54) is 0 Å². The Labute approximate surface area is 154 Å². The SMILES string of the molecule is CC.Cc1cc2cccc(-c3cnn(C)c3)c2c(=O)n1C1=CCCC=C1. The van der Waals surface area contributed by atoms with Crippen molar-refractivity contribution in [1.82, 2.24) is 14.3 Å². The van der Waals surface area contributed by atoms with E-state index < -0.39 is 0 Å². The van der Waals surface area contributed by atoms with Crippen molar-refractivity contribution in [2.75, 3.05) is 0 Å². The van der Waals surface area contributed by atoms with Gasteiger partial charge in [0.15, 0.2) is 0 Å². The molecule has 1 aliphatic rings. The van der Waals surface area contributed by atoms with Crippen LogP contribution in [0.5, 0.6) is 0 Å². The quantitative estimate of drug-likeness (QED) is 0.659. The Morgan fingerprint density at radius 2 is 1.96 bits per heavy atom. The third kappa shape index (κ3) is 3.15. The van der Waals surface area contributed by atoms with Crippen LogP contribution in [0.25, 0.3) is 27.6 Å². The van der Waals surface area contributed by atoms with Crippen LogP contribution < -0.4 is 5.56 Å². The Morgan fingerprint density at radius 1 is 1.15 bits per heavy atom. The van der Waals surface area contributed by atoms with Gasteiger partial charge in [-0.2, -0.15) is 5.10 Å². The third-order valence-corrected chi connectivity index (χ3v) is 4.48. The summed E-state index contributed by atoms with van der Waals surface area (Å²) in [5, 5.41) is 5.96. The van der Waals surface area contributed by atoms with Gasteiger partial charge in [-0.3, -0.25) is 14.0 Å². The zero-order chi connectivity index (χ0) is 18.7. The van der Waals surface area contributed by atoms with E-state index >= 15 is 0 Å². The Kier molecular flexibility index (Phi) is 5.21. The molecule has 0 unspecified atom stereocenters. The van der Waals surface area contributed by atoms with E-state index in [4.69, 9.17) is 0 Å². The molecule has 0 radical (unpaired) electrons. The molecule has 134 valence electrons. The van der Waals surface area contributed by atoms with Gasteiger partial charge < -0.3 is 0 Å². The number of fused-ring (bicyclic) bond motifs is 1. The van der Waals surface area contributed by atoms with Gasteiger partial charge in [-0.25, -0.2) is 0 Å². The molecule has 0 saturated carbocycles. The fourth-order valence-electron chi connectivity index (χ4n) is 3.38. The molecule has 4 nitrogen and oxygen atoms in total. The average Bonchev–Trinajstić information content (AvgIpc) is 3.10. The van der Waals surface area contributed by atoms with Crippen LogP contribution in [0.15, 0.2) is 59.7 Å². The van der Waals surface area contributed by atoms with Crippen LogP contribution in [0.3, 0.4) is 0 Å². The molecule has 0 N–H and O–H groups in total. The van der Waals surface area contributed by atoms with Crippen LogP contribution in [-0.4, -0.2) is 14.3 Å². The summed E-state index contributed by atoms with van der Waals surface area (Å²) in [6, 6.07) is 8.07. The highest BCUT2D eigenvalue weighted by atomic mass is 16.1. The molecule has 0 spiro atoms. The lowest BCUT2D eigenvalue weighted by Gasteiger charge is -2.16. The van der Waals surface area contributed by atoms with E-state index in [0.717, 1.165) is 46.1 Å². The van der Waals surface area contributed by atoms with Gasteiger partial charge in [-0.1, -0.05) is 44.2 Å². The molecule has 0 bridgehead atoms. The van der Waals surface area contributed by atoms with E-state index in [2.05, 4.69) is 23.3 Å². The van der Waals surface area contributed by atoms with Crippen molar-refractivity contribution in [3.05, 3.63) is 70.9 Å². The molecule has 26 heavy (non-hydrogen) atoms. The first-order valence-corrected chi connectivity index (χ1v) is 9.16. The van der Waals surface area contributed by atoms with Gasteiger partial charge in [0, 0.05) is 30.2 Å². The van der Waals surface area contributed by atoms with E-state index in [9.17, 15) is 4.79 Å². The molecule has 0 fully saturated rings. The summed E-state index contributed by atoms with van der Waals surface area (Å²) in [6.07, 6.45) is 12.0. The maximum Gasteiger partial charge on any atom is 0.263 e. The molecule has 0 saturated heterocycles. The predicted molar refractivity (Wildman–Crippen MR) is 109 cm³/mol. The third-order valence-electron chi connectivity index (χ3n) is 4.48. The maximum absolute atomic E-state index is 13.3. The second-order valence-corrected chi connectivity index (χ2v) is 6.21. The van der Waals surface area contributed by atoms with Crippen molar-refractivity contribution in [3.8, 4) is 11.1 Å². The van der Waals surface area contributed by atoms with Crippen molar-refractivity contribution in [2.24, 2.45) is 7.05 Å². The minimum Gasteiger partial charge on any atom is -0.281 e. The lowest BCUT2D eigenvalue weighted by Crippen LogP contribution is -2.22. The lowest BCUT2D eigenvalue weighted by molar-refractivity contribution is 0.768. The number of hydrogen-bond acceptors (Lipinski definition) is 2. The first-order chi connectivity index (χ1) is 12.6. The molecule has 4 rings (SSSR count). The summed E-state index contributed by atoms with van der Waals surface area (Å²) in [7, 11) is 1.88. The zero-order valence-corrected chi connectivity index (χ0v) is 15.9.